The first-order valence-electron chi connectivity index (χ1n) is 6.52. The van der Waals surface area contributed by atoms with E-state index in [9.17, 15) is 13.2 Å². The zero-order chi connectivity index (χ0) is 15.6. The van der Waals surface area contributed by atoms with Gasteiger partial charge >= 0.3 is 5.97 Å². The number of rotatable bonds is 6. The summed E-state index contributed by atoms with van der Waals surface area (Å²) in [6.45, 7) is 3.83. The van der Waals surface area contributed by atoms with Gasteiger partial charge in [0.05, 0.1) is 18.4 Å². The van der Waals surface area contributed by atoms with Crippen molar-refractivity contribution in [2.75, 3.05) is 19.4 Å². The minimum atomic E-state index is -3.69. The number of carbonyl (C=O) groups is 1. The predicted molar refractivity (Wildman–Crippen MR) is 79.3 cm³/mol. The molecule has 2 rings (SSSR count). The van der Waals surface area contributed by atoms with E-state index in [1.807, 2.05) is 0 Å². The number of hydrogen-bond acceptors (Lipinski definition) is 5. The summed E-state index contributed by atoms with van der Waals surface area (Å²) < 4.78 is 31.3. The summed E-state index contributed by atoms with van der Waals surface area (Å²) in [6, 6.07) is 4.06. The van der Waals surface area contributed by atoms with Crippen LogP contribution in [0.25, 0.3) is 0 Å². The number of esters is 1. The van der Waals surface area contributed by atoms with Gasteiger partial charge in [0.1, 0.15) is 4.90 Å². The average molecular weight is 310 g/mol. The highest BCUT2D eigenvalue weighted by Gasteiger charge is 2.38. The van der Waals surface area contributed by atoms with E-state index in [1.165, 1.54) is 29.6 Å². The van der Waals surface area contributed by atoms with Gasteiger partial charge in [0.15, 0.2) is 0 Å². The molecule has 1 aliphatic carbocycles. The molecule has 6 nitrogen and oxygen atoms in total. The molecule has 0 amide bonds. The highest BCUT2D eigenvalue weighted by Crippen LogP contribution is 2.33. The largest absolute Gasteiger partial charge is 0.465 e. The number of benzene rings is 1. The van der Waals surface area contributed by atoms with Crippen LogP contribution in [0.15, 0.2) is 35.7 Å². The molecule has 1 fully saturated rings. The van der Waals surface area contributed by atoms with Gasteiger partial charge in [-0.25, -0.2) is 13.2 Å². The maximum Gasteiger partial charge on any atom is 0.337 e. The molecule has 0 saturated heterocycles. The fraction of sp³-hybridized carbons (Fsp3) is 0.357. The van der Waals surface area contributed by atoms with Gasteiger partial charge in [-0.15, -0.1) is 6.58 Å². The topological polar surface area (TPSA) is 89.7 Å². The molecule has 1 aromatic carbocycles. The number of sulfonamides is 1. The van der Waals surface area contributed by atoms with E-state index in [1.54, 1.807) is 6.08 Å². The molecule has 1 saturated carbocycles. The van der Waals surface area contributed by atoms with E-state index in [0.29, 0.717) is 0 Å². The summed E-state index contributed by atoms with van der Waals surface area (Å²) >= 11 is 0. The summed E-state index contributed by atoms with van der Waals surface area (Å²) in [6.07, 6.45) is 3.23. The van der Waals surface area contributed by atoms with Crippen LogP contribution in [0.2, 0.25) is 0 Å². The lowest BCUT2D eigenvalue weighted by molar-refractivity contribution is 0.0600. The van der Waals surface area contributed by atoms with Crippen molar-refractivity contribution in [3.63, 3.8) is 0 Å². The third-order valence-electron chi connectivity index (χ3n) is 3.28. The molecule has 1 aliphatic rings. The van der Waals surface area contributed by atoms with Crippen LogP contribution in [0, 0.1) is 0 Å². The molecule has 2 N–H and O–H groups in total. The SMILES string of the molecule is C=CCN(C1CC1)S(=O)(=O)c1ccc(C(=O)OC)cc1N. The first-order valence-corrected chi connectivity index (χ1v) is 7.96. The number of ether oxygens (including phenoxy) is 1. The number of carbonyl (C=O) groups excluding carboxylic acids is 1. The zero-order valence-electron chi connectivity index (χ0n) is 11.8. The third kappa shape index (κ3) is 3.08. The maximum absolute atomic E-state index is 12.7. The van der Waals surface area contributed by atoms with Gasteiger partial charge in [-0.3, -0.25) is 0 Å². The zero-order valence-corrected chi connectivity index (χ0v) is 12.6. The Morgan fingerprint density at radius 1 is 1.52 bits per heavy atom. The van der Waals surface area contributed by atoms with Crippen molar-refractivity contribution in [3.05, 3.63) is 36.4 Å². The lowest BCUT2D eigenvalue weighted by Crippen LogP contribution is -2.33. The van der Waals surface area contributed by atoms with E-state index in [4.69, 9.17) is 5.73 Å². The van der Waals surface area contributed by atoms with Crippen LogP contribution < -0.4 is 5.73 Å². The second-order valence-corrected chi connectivity index (χ2v) is 6.70. The first-order chi connectivity index (χ1) is 9.91. The molecule has 21 heavy (non-hydrogen) atoms. The van der Waals surface area contributed by atoms with Crippen LogP contribution in [0.5, 0.6) is 0 Å². The Hall–Kier alpha value is -1.86. The third-order valence-corrected chi connectivity index (χ3v) is 5.27. The highest BCUT2D eigenvalue weighted by molar-refractivity contribution is 7.89. The van der Waals surface area contributed by atoms with Crippen LogP contribution in [0.3, 0.4) is 0 Å². The molecular weight excluding hydrogens is 292 g/mol. The quantitative estimate of drug-likeness (QED) is 0.487. The number of methoxy groups -OCH3 is 1. The molecule has 0 unspecified atom stereocenters. The molecule has 0 aliphatic heterocycles. The van der Waals surface area contributed by atoms with Crippen molar-refractivity contribution in [2.45, 2.75) is 23.8 Å². The minimum Gasteiger partial charge on any atom is -0.465 e. The molecule has 0 bridgehead atoms. The van der Waals surface area contributed by atoms with Crippen LogP contribution in [-0.4, -0.2) is 38.4 Å². The van der Waals surface area contributed by atoms with Crippen LogP contribution in [-0.2, 0) is 14.8 Å². The van der Waals surface area contributed by atoms with Gasteiger partial charge < -0.3 is 10.5 Å². The Labute approximate surface area is 124 Å². The molecule has 0 aromatic heterocycles. The lowest BCUT2D eigenvalue weighted by Gasteiger charge is -2.21. The molecule has 114 valence electrons. The average Bonchev–Trinajstić information content (AvgIpc) is 3.27. The molecule has 0 heterocycles. The summed E-state index contributed by atoms with van der Waals surface area (Å²) in [4.78, 5) is 11.4. The van der Waals surface area contributed by atoms with Gasteiger partial charge in [-0.1, -0.05) is 6.08 Å². The Balaban J connectivity index is 2.39. The maximum atomic E-state index is 12.7. The Morgan fingerprint density at radius 2 is 2.19 bits per heavy atom. The van der Waals surface area contributed by atoms with Gasteiger partial charge in [0.2, 0.25) is 10.0 Å². The van der Waals surface area contributed by atoms with Crippen molar-refractivity contribution in [3.8, 4) is 0 Å². The molecular formula is C14H18N2O4S. The molecule has 7 heteroatoms. The second kappa shape index (κ2) is 5.87. The normalized spacial score (nSPS) is 15.0. The van der Waals surface area contributed by atoms with Crippen LogP contribution >= 0.6 is 0 Å². The Kier molecular flexibility index (Phi) is 4.34. The van der Waals surface area contributed by atoms with Crippen molar-refractivity contribution in [2.24, 2.45) is 0 Å². The molecule has 0 spiro atoms. The smallest absolute Gasteiger partial charge is 0.337 e. The number of anilines is 1. The predicted octanol–water partition coefficient (Wildman–Crippen LogP) is 1.39. The lowest BCUT2D eigenvalue weighted by atomic mass is 10.2. The van der Waals surface area contributed by atoms with Gasteiger partial charge in [-0.2, -0.15) is 4.31 Å². The first kappa shape index (κ1) is 15.5. The molecule has 0 atom stereocenters. The van der Waals surface area contributed by atoms with E-state index >= 15 is 0 Å². The van der Waals surface area contributed by atoms with Crippen LogP contribution in [0.1, 0.15) is 23.2 Å². The van der Waals surface area contributed by atoms with E-state index in [0.717, 1.165) is 12.8 Å². The number of nitrogens with zero attached hydrogens (tertiary/aromatic N) is 1. The fourth-order valence-electron chi connectivity index (χ4n) is 2.09. The number of nitrogens with two attached hydrogens (primary N) is 1. The van der Waals surface area contributed by atoms with E-state index < -0.39 is 16.0 Å². The Morgan fingerprint density at radius 3 is 2.67 bits per heavy atom. The summed E-state index contributed by atoms with van der Waals surface area (Å²) in [7, 11) is -2.44. The van der Waals surface area contributed by atoms with E-state index in [-0.39, 0.29) is 28.7 Å². The highest BCUT2D eigenvalue weighted by atomic mass is 32.2. The molecule has 1 aromatic rings. The summed E-state index contributed by atoms with van der Waals surface area (Å²) in [5, 5.41) is 0. The fourth-order valence-corrected chi connectivity index (χ4v) is 3.84. The van der Waals surface area contributed by atoms with Gasteiger partial charge in [-0.05, 0) is 31.0 Å². The second-order valence-electron chi connectivity index (χ2n) is 4.84. The van der Waals surface area contributed by atoms with Crippen molar-refractivity contribution >= 4 is 21.7 Å². The number of nitrogen functional groups attached to an aromatic ring is 1. The van der Waals surface area contributed by atoms with Gasteiger partial charge in [0.25, 0.3) is 0 Å². The Bertz CT molecular complexity index is 666. The van der Waals surface area contributed by atoms with Crippen molar-refractivity contribution in [1.29, 1.82) is 0 Å². The van der Waals surface area contributed by atoms with Crippen LogP contribution in [0.4, 0.5) is 5.69 Å². The van der Waals surface area contributed by atoms with Crippen molar-refractivity contribution in [1.82, 2.24) is 4.31 Å². The summed E-state index contributed by atoms with van der Waals surface area (Å²) in [5.41, 5.74) is 6.07. The van der Waals surface area contributed by atoms with Gasteiger partial charge in [0, 0.05) is 12.6 Å². The molecule has 0 radical (unpaired) electrons. The van der Waals surface area contributed by atoms with E-state index in [2.05, 4.69) is 11.3 Å². The minimum absolute atomic E-state index is 0.00361. The standard InChI is InChI=1S/C14H18N2O4S/c1-3-8-16(11-5-6-11)21(18,19)13-7-4-10(9-12(13)15)14(17)20-2/h3-4,7,9,11H,1,5-6,8,15H2,2H3. The monoisotopic (exact) mass is 310 g/mol. The van der Waals surface area contributed by atoms with Crippen molar-refractivity contribution < 1.29 is 17.9 Å². The number of hydrogen-bond donors (Lipinski definition) is 1. The summed E-state index contributed by atoms with van der Waals surface area (Å²) in [5.74, 6) is -0.559.